The third-order valence-electron chi connectivity index (χ3n) is 5.64. The first-order valence-corrected chi connectivity index (χ1v) is 13.7. The van der Waals surface area contributed by atoms with E-state index in [-0.39, 0.29) is 0 Å². The second-order valence-electron chi connectivity index (χ2n) is 8.47. The van der Waals surface area contributed by atoms with Crippen molar-refractivity contribution in [3.05, 3.63) is 104 Å². The molecule has 4 nitrogen and oxygen atoms in total. The smallest absolute Gasteiger partial charge is 0.175 e. The molecule has 4 rings (SSSR count). The van der Waals surface area contributed by atoms with E-state index >= 15 is 0 Å². The summed E-state index contributed by atoms with van der Waals surface area (Å²) in [6, 6.07) is 22.7. The van der Waals surface area contributed by atoms with E-state index in [4.69, 9.17) is 70.8 Å². The standard InChI is InChI=1S/C28H22Cl4N4S2/c1-15-11-17(3-7-23(15)33-27(37)35-25-9-5-19(29)13-21(25)31)18-4-8-24(16(2)12-18)34-28(38)36-26-10-6-20(30)14-22(26)32/h3-14H,1-2H3,(H2,33,35,37)(H2,34,36,38). The molecule has 0 heterocycles. The third-order valence-corrected chi connectivity index (χ3v) is 7.15. The largest absolute Gasteiger partial charge is 0.332 e. The zero-order valence-electron chi connectivity index (χ0n) is 20.3. The van der Waals surface area contributed by atoms with E-state index in [2.05, 4.69) is 33.4 Å². The van der Waals surface area contributed by atoms with Gasteiger partial charge in [0.15, 0.2) is 10.2 Å². The van der Waals surface area contributed by atoms with Crippen molar-refractivity contribution in [3.8, 4) is 11.1 Å². The predicted molar refractivity (Wildman–Crippen MR) is 174 cm³/mol. The molecule has 4 N–H and O–H groups in total. The summed E-state index contributed by atoms with van der Waals surface area (Å²) in [7, 11) is 0. The number of benzene rings is 4. The molecule has 4 aromatic carbocycles. The molecule has 0 saturated carbocycles. The molecule has 0 saturated heterocycles. The molecule has 0 aromatic heterocycles. The second kappa shape index (κ2) is 12.5. The van der Waals surface area contributed by atoms with Crippen LogP contribution in [0.3, 0.4) is 0 Å². The van der Waals surface area contributed by atoms with Crippen LogP contribution in [0.1, 0.15) is 11.1 Å². The SMILES string of the molecule is Cc1cc(-c2ccc(NC(=S)Nc3ccc(Cl)cc3Cl)c(C)c2)ccc1NC(=S)Nc1ccc(Cl)cc1Cl. The van der Waals surface area contributed by atoms with Crippen LogP contribution >= 0.6 is 70.8 Å². The van der Waals surface area contributed by atoms with Crippen LogP contribution in [0.15, 0.2) is 72.8 Å². The summed E-state index contributed by atoms with van der Waals surface area (Å²) in [5.41, 5.74) is 7.38. The molecule has 0 bridgehead atoms. The van der Waals surface area contributed by atoms with Gasteiger partial charge in [-0.2, -0.15) is 0 Å². The lowest BCUT2D eigenvalue weighted by atomic mass is 10.00. The van der Waals surface area contributed by atoms with Crippen molar-refractivity contribution in [1.29, 1.82) is 0 Å². The lowest BCUT2D eigenvalue weighted by molar-refractivity contribution is 1.42. The van der Waals surface area contributed by atoms with Crippen molar-refractivity contribution < 1.29 is 0 Å². The van der Waals surface area contributed by atoms with Gasteiger partial charge in [-0.05, 0) is 121 Å². The van der Waals surface area contributed by atoms with Gasteiger partial charge in [0.05, 0.1) is 21.4 Å². The van der Waals surface area contributed by atoms with Gasteiger partial charge in [-0.25, -0.2) is 0 Å². The fourth-order valence-corrected chi connectivity index (χ4v) is 5.05. The highest BCUT2D eigenvalue weighted by Crippen LogP contribution is 2.30. The van der Waals surface area contributed by atoms with Crippen molar-refractivity contribution >= 4 is 104 Å². The molecule has 194 valence electrons. The number of aryl methyl sites for hydroxylation is 2. The van der Waals surface area contributed by atoms with Crippen molar-refractivity contribution in [2.45, 2.75) is 13.8 Å². The average Bonchev–Trinajstić information content (AvgIpc) is 2.85. The Morgan fingerprint density at radius 1 is 0.500 bits per heavy atom. The van der Waals surface area contributed by atoms with Crippen LogP contribution in [0, 0.1) is 13.8 Å². The fraction of sp³-hybridized carbons (Fsp3) is 0.0714. The Labute approximate surface area is 252 Å². The summed E-state index contributed by atoms with van der Waals surface area (Å²) in [5.74, 6) is 0. The summed E-state index contributed by atoms with van der Waals surface area (Å²) < 4.78 is 0. The van der Waals surface area contributed by atoms with Crippen LogP contribution in [0.5, 0.6) is 0 Å². The van der Waals surface area contributed by atoms with Crippen molar-refractivity contribution in [3.63, 3.8) is 0 Å². The van der Waals surface area contributed by atoms with Gasteiger partial charge in [0.25, 0.3) is 0 Å². The van der Waals surface area contributed by atoms with E-state index in [9.17, 15) is 0 Å². The Hall–Kier alpha value is -2.58. The van der Waals surface area contributed by atoms with Gasteiger partial charge in [-0.3, -0.25) is 0 Å². The summed E-state index contributed by atoms with van der Waals surface area (Å²) in [6.45, 7) is 4.05. The molecule has 0 aliphatic heterocycles. The summed E-state index contributed by atoms with van der Waals surface area (Å²) >= 11 is 35.3. The van der Waals surface area contributed by atoms with Gasteiger partial charge in [0.1, 0.15) is 0 Å². The number of hydrogen-bond donors (Lipinski definition) is 4. The van der Waals surface area contributed by atoms with Crippen LogP contribution < -0.4 is 21.3 Å². The molecule has 0 unspecified atom stereocenters. The van der Waals surface area contributed by atoms with Gasteiger partial charge in [-0.1, -0.05) is 58.5 Å². The molecule has 0 radical (unpaired) electrons. The Kier molecular flexibility index (Phi) is 9.36. The minimum Gasteiger partial charge on any atom is -0.332 e. The molecule has 0 fully saturated rings. The maximum Gasteiger partial charge on any atom is 0.175 e. The molecule has 4 aromatic rings. The van der Waals surface area contributed by atoms with E-state index in [1.807, 2.05) is 38.1 Å². The Morgan fingerprint density at radius 2 is 0.842 bits per heavy atom. The summed E-state index contributed by atoms with van der Waals surface area (Å²) in [5, 5.41) is 15.6. The van der Waals surface area contributed by atoms with Crippen molar-refractivity contribution in [1.82, 2.24) is 0 Å². The highest BCUT2D eigenvalue weighted by Gasteiger charge is 2.10. The monoisotopic (exact) mass is 618 g/mol. The van der Waals surface area contributed by atoms with Gasteiger partial charge in [-0.15, -0.1) is 0 Å². The van der Waals surface area contributed by atoms with E-state index in [0.29, 0.717) is 41.7 Å². The van der Waals surface area contributed by atoms with Crippen LogP contribution in [0.2, 0.25) is 20.1 Å². The molecule has 0 amide bonds. The number of thiocarbonyl (C=S) groups is 2. The van der Waals surface area contributed by atoms with Gasteiger partial charge >= 0.3 is 0 Å². The molecular weight excluding hydrogens is 598 g/mol. The minimum atomic E-state index is 0.431. The van der Waals surface area contributed by atoms with E-state index < -0.39 is 0 Å². The second-order valence-corrected chi connectivity index (χ2v) is 11.0. The molecule has 0 spiro atoms. The van der Waals surface area contributed by atoms with E-state index in [0.717, 1.165) is 33.6 Å². The van der Waals surface area contributed by atoms with E-state index in [1.54, 1.807) is 36.4 Å². The molecular formula is C28H22Cl4N4S2. The minimum absolute atomic E-state index is 0.431. The van der Waals surface area contributed by atoms with Crippen LogP contribution in [0.4, 0.5) is 22.7 Å². The van der Waals surface area contributed by atoms with Gasteiger partial charge < -0.3 is 21.3 Å². The topological polar surface area (TPSA) is 48.1 Å². The van der Waals surface area contributed by atoms with Gasteiger partial charge in [0.2, 0.25) is 0 Å². The maximum atomic E-state index is 6.24. The highest BCUT2D eigenvalue weighted by molar-refractivity contribution is 7.81. The Morgan fingerprint density at radius 3 is 1.18 bits per heavy atom. The van der Waals surface area contributed by atoms with Crippen molar-refractivity contribution in [2.24, 2.45) is 0 Å². The number of rotatable bonds is 5. The van der Waals surface area contributed by atoms with Crippen molar-refractivity contribution in [2.75, 3.05) is 21.3 Å². The average molecular weight is 620 g/mol. The zero-order chi connectivity index (χ0) is 27.4. The highest BCUT2D eigenvalue weighted by atomic mass is 35.5. The molecule has 0 atom stereocenters. The Bertz CT molecular complexity index is 1430. The normalized spacial score (nSPS) is 10.6. The molecule has 0 aliphatic carbocycles. The molecule has 0 aliphatic rings. The summed E-state index contributed by atoms with van der Waals surface area (Å²) in [6.07, 6.45) is 0. The predicted octanol–water partition coefficient (Wildman–Crippen LogP) is 10.2. The first kappa shape index (κ1) is 28.4. The number of anilines is 4. The fourth-order valence-electron chi connectivity index (χ4n) is 3.70. The zero-order valence-corrected chi connectivity index (χ0v) is 24.9. The lowest BCUT2D eigenvalue weighted by Gasteiger charge is -2.16. The van der Waals surface area contributed by atoms with Crippen LogP contribution in [0.25, 0.3) is 11.1 Å². The first-order chi connectivity index (χ1) is 18.1. The van der Waals surface area contributed by atoms with Crippen LogP contribution in [-0.4, -0.2) is 10.2 Å². The third kappa shape index (κ3) is 7.29. The van der Waals surface area contributed by atoms with Gasteiger partial charge in [0, 0.05) is 21.4 Å². The van der Waals surface area contributed by atoms with E-state index in [1.165, 1.54) is 0 Å². The number of halogens is 4. The Balaban J connectivity index is 1.42. The number of hydrogen-bond acceptors (Lipinski definition) is 2. The molecule has 10 heteroatoms. The molecule has 38 heavy (non-hydrogen) atoms. The number of nitrogens with one attached hydrogen (secondary N) is 4. The lowest BCUT2D eigenvalue weighted by Crippen LogP contribution is -2.20. The van der Waals surface area contributed by atoms with Crippen LogP contribution in [-0.2, 0) is 0 Å². The first-order valence-electron chi connectivity index (χ1n) is 11.4. The maximum absolute atomic E-state index is 6.24. The summed E-state index contributed by atoms with van der Waals surface area (Å²) in [4.78, 5) is 0. The quantitative estimate of drug-likeness (QED) is 0.167.